The normalized spacial score (nSPS) is 14.7. The highest BCUT2D eigenvalue weighted by Crippen LogP contribution is 2.23. The monoisotopic (exact) mass is 482 g/mol. The van der Waals surface area contributed by atoms with Crippen molar-refractivity contribution >= 4 is 17.8 Å². The van der Waals surface area contributed by atoms with Crippen LogP contribution in [-0.2, 0) is 4.79 Å². The Bertz CT molecular complexity index is 968. The molecule has 2 aromatic rings. The number of benzene rings is 1. The number of anilines is 1. The molecule has 1 aliphatic heterocycles. The van der Waals surface area contributed by atoms with E-state index in [-0.39, 0.29) is 24.5 Å². The van der Waals surface area contributed by atoms with Gasteiger partial charge in [-0.05, 0) is 50.5 Å². The molecule has 0 saturated carbocycles. The summed E-state index contributed by atoms with van der Waals surface area (Å²) in [7, 11) is 1.64. The van der Waals surface area contributed by atoms with E-state index in [4.69, 9.17) is 4.74 Å². The predicted molar refractivity (Wildman–Crippen MR) is 138 cm³/mol. The molecule has 1 saturated heterocycles. The molecule has 3 amide bonds. The summed E-state index contributed by atoms with van der Waals surface area (Å²) < 4.78 is 5.30. The Morgan fingerprint density at radius 1 is 1.11 bits per heavy atom. The summed E-state index contributed by atoms with van der Waals surface area (Å²) in [6.45, 7) is 9.44. The van der Waals surface area contributed by atoms with Crippen LogP contribution in [-0.4, -0.2) is 84.4 Å². The number of hydrogen-bond donors (Lipinski definition) is 1. The molecular formula is C26H38N6O3. The van der Waals surface area contributed by atoms with Gasteiger partial charge in [0.15, 0.2) is 5.82 Å². The fourth-order valence-electron chi connectivity index (χ4n) is 4.05. The Balaban J connectivity index is 1.61. The Morgan fingerprint density at radius 3 is 2.63 bits per heavy atom. The van der Waals surface area contributed by atoms with Crippen LogP contribution < -0.4 is 15.0 Å². The number of carbonyl (C=O) groups excluding carboxylic acids is 2. The first-order valence-corrected chi connectivity index (χ1v) is 12.5. The van der Waals surface area contributed by atoms with Crippen LogP contribution in [0.4, 0.5) is 10.6 Å². The van der Waals surface area contributed by atoms with Crippen LogP contribution in [0.3, 0.4) is 0 Å². The van der Waals surface area contributed by atoms with E-state index in [1.807, 2.05) is 62.1 Å². The first-order chi connectivity index (χ1) is 17.0. The average molecular weight is 483 g/mol. The maximum atomic E-state index is 13.1. The molecule has 0 aliphatic carbocycles. The van der Waals surface area contributed by atoms with Gasteiger partial charge in [0.1, 0.15) is 12.3 Å². The minimum absolute atomic E-state index is 0.00217. The quantitative estimate of drug-likeness (QED) is 0.589. The fraction of sp³-hybridized carbons (Fsp3) is 0.538. The minimum atomic E-state index is -0.169. The predicted octanol–water partition coefficient (Wildman–Crippen LogP) is 3.41. The van der Waals surface area contributed by atoms with E-state index in [0.29, 0.717) is 26.2 Å². The molecule has 35 heavy (non-hydrogen) atoms. The van der Waals surface area contributed by atoms with Crippen molar-refractivity contribution in [2.75, 3.05) is 51.3 Å². The van der Waals surface area contributed by atoms with E-state index < -0.39 is 0 Å². The first kappa shape index (κ1) is 26.2. The van der Waals surface area contributed by atoms with Crippen LogP contribution in [0.5, 0.6) is 5.75 Å². The van der Waals surface area contributed by atoms with Crippen LogP contribution >= 0.6 is 0 Å². The first-order valence-electron chi connectivity index (χ1n) is 12.5. The van der Waals surface area contributed by atoms with Crippen LogP contribution in [0.15, 0.2) is 36.4 Å². The van der Waals surface area contributed by atoms with Gasteiger partial charge >= 0.3 is 6.03 Å². The highest BCUT2D eigenvalue weighted by Gasteiger charge is 2.26. The van der Waals surface area contributed by atoms with Crippen molar-refractivity contribution in [3.63, 3.8) is 0 Å². The average Bonchev–Trinajstić information content (AvgIpc) is 3.16. The van der Waals surface area contributed by atoms with Crippen molar-refractivity contribution in [1.29, 1.82) is 0 Å². The molecule has 3 rings (SSSR count). The lowest BCUT2D eigenvalue weighted by molar-refractivity contribution is -0.132. The van der Waals surface area contributed by atoms with Crippen LogP contribution in [0.25, 0.3) is 11.3 Å². The second-order valence-electron chi connectivity index (χ2n) is 8.85. The molecule has 9 heteroatoms. The lowest BCUT2D eigenvalue weighted by Gasteiger charge is -2.31. The third-order valence-corrected chi connectivity index (χ3v) is 6.40. The molecule has 0 unspecified atom stereocenters. The molecule has 1 aromatic carbocycles. The number of hydrogen-bond acceptors (Lipinski definition) is 6. The number of urea groups is 1. The Hall–Kier alpha value is -3.36. The second-order valence-corrected chi connectivity index (χ2v) is 8.85. The van der Waals surface area contributed by atoms with Crippen molar-refractivity contribution in [3.05, 3.63) is 36.4 Å². The smallest absolute Gasteiger partial charge is 0.318 e. The number of nitrogens with zero attached hydrogens (tertiary/aromatic N) is 5. The van der Waals surface area contributed by atoms with Crippen LogP contribution in [0.2, 0.25) is 0 Å². The molecule has 1 fully saturated rings. The van der Waals surface area contributed by atoms with Gasteiger partial charge in [0.25, 0.3) is 0 Å². The number of carbonyl (C=O) groups is 2. The molecule has 1 aliphatic rings. The van der Waals surface area contributed by atoms with E-state index >= 15 is 0 Å². The van der Waals surface area contributed by atoms with Gasteiger partial charge in [-0.2, -0.15) is 0 Å². The summed E-state index contributed by atoms with van der Waals surface area (Å²) in [5.74, 6) is 1.56. The largest absolute Gasteiger partial charge is 0.497 e. The van der Waals surface area contributed by atoms with E-state index in [2.05, 4.69) is 20.4 Å². The lowest BCUT2D eigenvalue weighted by atomic mass is 10.1. The Morgan fingerprint density at radius 2 is 1.94 bits per heavy atom. The zero-order valence-corrected chi connectivity index (χ0v) is 21.4. The van der Waals surface area contributed by atoms with Gasteiger partial charge in [-0.15, -0.1) is 10.2 Å². The van der Waals surface area contributed by atoms with Gasteiger partial charge in [-0.25, -0.2) is 4.79 Å². The molecule has 0 spiro atoms. The molecule has 1 aromatic heterocycles. The molecule has 2 heterocycles. The molecule has 1 N–H and O–H groups in total. The zero-order chi connectivity index (χ0) is 25.2. The second kappa shape index (κ2) is 12.9. The SMILES string of the molecule is CCCNC(=O)N(CC(=O)N1CCCN(c2ccc(-c3cccc(OC)c3)nn2)CC1)[C@@H](C)CC. The summed E-state index contributed by atoms with van der Waals surface area (Å²) >= 11 is 0. The van der Waals surface area contributed by atoms with Gasteiger partial charge in [0, 0.05) is 44.3 Å². The molecular weight excluding hydrogens is 444 g/mol. The Kier molecular flexibility index (Phi) is 9.69. The maximum Gasteiger partial charge on any atom is 0.318 e. The highest BCUT2D eigenvalue weighted by atomic mass is 16.5. The van der Waals surface area contributed by atoms with Crippen molar-refractivity contribution < 1.29 is 14.3 Å². The topological polar surface area (TPSA) is 90.9 Å². The van der Waals surface area contributed by atoms with Crippen LogP contribution in [0.1, 0.15) is 40.0 Å². The molecule has 0 bridgehead atoms. The van der Waals surface area contributed by atoms with Gasteiger partial charge in [0.05, 0.1) is 12.8 Å². The van der Waals surface area contributed by atoms with Crippen LogP contribution in [0, 0.1) is 0 Å². The number of methoxy groups -OCH3 is 1. The molecule has 1 atom stereocenters. The standard InChI is InChI=1S/C26H38N6O3/c1-5-13-27-26(34)32(20(3)6-2)19-25(33)31-15-8-14-30(16-17-31)24-12-11-23(28-29-24)21-9-7-10-22(18-21)35-4/h7,9-12,18,20H,5-6,8,13-17,19H2,1-4H3,(H,27,34)/t20-/m0/s1. The summed E-state index contributed by atoms with van der Waals surface area (Å²) in [4.78, 5) is 31.4. The van der Waals surface area contributed by atoms with E-state index in [1.165, 1.54) is 0 Å². The highest BCUT2D eigenvalue weighted by molar-refractivity contribution is 5.84. The Labute approximate surface area is 208 Å². The van der Waals surface area contributed by atoms with Gasteiger partial charge in [-0.3, -0.25) is 4.79 Å². The van der Waals surface area contributed by atoms with Crippen molar-refractivity contribution in [2.24, 2.45) is 0 Å². The number of rotatable bonds is 9. The van der Waals surface area contributed by atoms with Crippen molar-refractivity contribution in [3.8, 4) is 17.0 Å². The van der Waals surface area contributed by atoms with Gasteiger partial charge in [0.2, 0.25) is 5.91 Å². The molecule has 9 nitrogen and oxygen atoms in total. The molecule has 0 radical (unpaired) electrons. The third-order valence-electron chi connectivity index (χ3n) is 6.40. The number of aromatic nitrogens is 2. The summed E-state index contributed by atoms with van der Waals surface area (Å²) in [5.41, 5.74) is 1.73. The summed E-state index contributed by atoms with van der Waals surface area (Å²) in [5, 5.41) is 11.8. The maximum absolute atomic E-state index is 13.1. The van der Waals surface area contributed by atoms with E-state index in [1.54, 1.807) is 12.0 Å². The fourth-order valence-corrected chi connectivity index (χ4v) is 4.05. The molecule has 190 valence electrons. The summed E-state index contributed by atoms with van der Waals surface area (Å²) in [6, 6.07) is 11.5. The lowest BCUT2D eigenvalue weighted by Crippen LogP contribution is -2.50. The van der Waals surface area contributed by atoms with E-state index in [9.17, 15) is 9.59 Å². The summed E-state index contributed by atoms with van der Waals surface area (Å²) in [6.07, 6.45) is 2.49. The van der Waals surface area contributed by atoms with Crippen molar-refractivity contribution in [2.45, 2.75) is 46.1 Å². The number of amides is 3. The third kappa shape index (κ3) is 7.07. The van der Waals surface area contributed by atoms with E-state index in [0.717, 1.165) is 48.6 Å². The number of nitrogens with one attached hydrogen (secondary N) is 1. The van der Waals surface area contributed by atoms with Gasteiger partial charge in [-0.1, -0.05) is 26.0 Å². The zero-order valence-electron chi connectivity index (χ0n) is 21.4. The van der Waals surface area contributed by atoms with Gasteiger partial charge < -0.3 is 24.8 Å². The minimum Gasteiger partial charge on any atom is -0.497 e. The van der Waals surface area contributed by atoms with Crippen molar-refractivity contribution in [1.82, 2.24) is 25.3 Å². The number of ether oxygens (including phenoxy) is 1.